The highest BCUT2D eigenvalue weighted by Gasteiger charge is 2.19. The summed E-state index contributed by atoms with van der Waals surface area (Å²) < 4.78 is 15.6. The molecule has 2 nitrogen and oxygen atoms in total. The SMILES string of the molecule is Fc1ccc(-c2cn(C3CCNCC3)c3cc(Cl)ccc23)cc1. The molecule has 1 aliphatic rings. The van der Waals surface area contributed by atoms with Crippen molar-refractivity contribution in [3.05, 3.63) is 59.5 Å². The normalized spacial score (nSPS) is 16.1. The molecule has 3 aromatic rings. The van der Waals surface area contributed by atoms with Gasteiger partial charge in [-0.3, -0.25) is 0 Å². The second kappa shape index (κ2) is 5.99. The van der Waals surface area contributed by atoms with Crippen molar-refractivity contribution in [3.63, 3.8) is 0 Å². The van der Waals surface area contributed by atoms with Gasteiger partial charge in [0.05, 0.1) is 5.52 Å². The van der Waals surface area contributed by atoms with Crippen molar-refractivity contribution in [2.24, 2.45) is 0 Å². The molecule has 4 heteroatoms. The van der Waals surface area contributed by atoms with Gasteiger partial charge in [0, 0.05) is 28.2 Å². The molecule has 0 aliphatic carbocycles. The molecule has 1 N–H and O–H groups in total. The van der Waals surface area contributed by atoms with Crippen LogP contribution >= 0.6 is 11.6 Å². The smallest absolute Gasteiger partial charge is 0.123 e. The number of hydrogen-bond donors (Lipinski definition) is 1. The van der Waals surface area contributed by atoms with Crippen LogP contribution in [-0.4, -0.2) is 17.7 Å². The highest BCUT2D eigenvalue weighted by molar-refractivity contribution is 6.31. The van der Waals surface area contributed by atoms with Crippen LogP contribution in [0.1, 0.15) is 18.9 Å². The van der Waals surface area contributed by atoms with E-state index < -0.39 is 0 Å². The molecule has 4 rings (SSSR count). The zero-order valence-corrected chi connectivity index (χ0v) is 13.5. The Morgan fingerprint density at radius 1 is 1.04 bits per heavy atom. The molecule has 1 aromatic heterocycles. The average molecular weight is 329 g/mol. The van der Waals surface area contributed by atoms with E-state index in [2.05, 4.69) is 22.1 Å². The highest BCUT2D eigenvalue weighted by Crippen LogP contribution is 2.35. The van der Waals surface area contributed by atoms with E-state index in [1.165, 1.54) is 17.5 Å². The van der Waals surface area contributed by atoms with Crippen molar-refractivity contribution in [1.29, 1.82) is 0 Å². The fraction of sp³-hybridized carbons (Fsp3) is 0.263. The summed E-state index contributed by atoms with van der Waals surface area (Å²) >= 11 is 6.23. The van der Waals surface area contributed by atoms with E-state index in [0.717, 1.165) is 47.6 Å². The Labute approximate surface area is 139 Å². The van der Waals surface area contributed by atoms with Crippen LogP contribution in [0.2, 0.25) is 5.02 Å². The minimum Gasteiger partial charge on any atom is -0.344 e. The van der Waals surface area contributed by atoms with Crippen molar-refractivity contribution in [2.45, 2.75) is 18.9 Å². The molecular formula is C19H18ClFN2. The van der Waals surface area contributed by atoms with Gasteiger partial charge in [-0.25, -0.2) is 4.39 Å². The number of nitrogens with zero attached hydrogens (tertiary/aromatic N) is 1. The Morgan fingerprint density at radius 2 is 1.78 bits per heavy atom. The lowest BCUT2D eigenvalue weighted by atomic mass is 10.1. The van der Waals surface area contributed by atoms with Crippen molar-refractivity contribution >= 4 is 22.5 Å². The van der Waals surface area contributed by atoms with E-state index in [-0.39, 0.29) is 5.82 Å². The maximum Gasteiger partial charge on any atom is 0.123 e. The summed E-state index contributed by atoms with van der Waals surface area (Å²) in [4.78, 5) is 0. The molecule has 0 amide bonds. The second-order valence-corrected chi connectivity index (χ2v) is 6.54. The first kappa shape index (κ1) is 14.7. The molecule has 0 atom stereocenters. The summed E-state index contributed by atoms with van der Waals surface area (Å²) in [5.74, 6) is -0.209. The van der Waals surface area contributed by atoms with E-state index in [9.17, 15) is 4.39 Å². The van der Waals surface area contributed by atoms with Gasteiger partial charge in [0.1, 0.15) is 5.82 Å². The standard InChI is InChI=1S/C19H18ClFN2/c20-14-3-6-17-18(13-1-4-15(21)5-2-13)12-23(19(17)11-14)16-7-9-22-10-8-16/h1-6,11-12,16,22H,7-10H2. The molecule has 0 bridgehead atoms. The van der Waals surface area contributed by atoms with Gasteiger partial charge in [-0.15, -0.1) is 0 Å². The number of aromatic nitrogens is 1. The molecule has 1 fully saturated rings. The van der Waals surface area contributed by atoms with Crippen LogP contribution in [0.25, 0.3) is 22.0 Å². The van der Waals surface area contributed by atoms with Crippen LogP contribution in [0.3, 0.4) is 0 Å². The first-order valence-electron chi connectivity index (χ1n) is 7.99. The molecule has 1 saturated heterocycles. The van der Waals surface area contributed by atoms with E-state index in [4.69, 9.17) is 11.6 Å². The molecule has 23 heavy (non-hydrogen) atoms. The summed E-state index contributed by atoms with van der Waals surface area (Å²) in [6.45, 7) is 2.08. The van der Waals surface area contributed by atoms with Gasteiger partial charge < -0.3 is 9.88 Å². The predicted molar refractivity (Wildman–Crippen MR) is 93.5 cm³/mol. The van der Waals surface area contributed by atoms with Crippen molar-refractivity contribution in [1.82, 2.24) is 9.88 Å². The number of benzene rings is 2. The monoisotopic (exact) mass is 328 g/mol. The number of piperidine rings is 1. The van der Waals surface area contributed by atoms with Gasteiger partial charge in [-0.2, -0.15) is 0 Å². The Bertz CT molecular complexity index is 832. The third kappa shape index (κ3) is 2.75. The number of rotatable bonds is 2. The summed E-state index contributed by atoms with van der Waals surface area (Å²) in [7, 11) is 0. The fourth-order valence-electron chi connectivity index (χ4n) is 3.47. The van der Waals surface area contributed by atoms with Crippen LogP contribution in [0.5, 0.6) is 0 Å². The Morgan fingerprint density at radius 3 is 2.52 bits per heavy atom. The minimum atomic E-state index is -0.209. The molecule has 0 saturated carbocycles. The van der Waals surface area contributed by atoms with Gasteiger partial charge >= 0.3 is 0 Å². The Kier molecular flexibility index (Phi) is 3.83. The first-order valence-corrected chi connectivity index (χ1v) is 8.37. The van der Waals surface area contributed by atoms with E-state index >= 15 is 0 Å². The zero-order valence-electron chi connectivity index (χ0n) is 12.7. The maximum atomic E-state index is 13.2. The molecular weight excluding hydrogens is 311 g/mol. The molecule has 1 aliphatic heterocycles. The van der Waals surface area contributed by atoms with Crippen molar-refractivity contribution in [3.8, 4) is 11.1 Å². The van der Waals surface area contributed by atoms with Gasteiger partial charge in [0.25, 0.3) is 0 Å². The Hall–Kier alpha value is -1.84. The quantitative estimate of drug-likeness (QED) is 0.698. The fourth-order valence-corrected chi connectivity index (χ4v) is 3.64. The predicted octanol–water partition coefficient (Wildman–Crippen LogP) is 5.03. The van der Waals surface area contributed by atoms with Crippen LogP contribution in [0, 0.1) is 5.82 Å². The molecule has 2 heterocycles. The first-order chi connectivity index (χ1) is 11.2. The zero-order chi connectivity index (χ0) is 15.8. The third-order valence-electron chi connectivity index (χ3n) is 4.65. The van der Waals surface area contributed by atoms with Crippen LogP contribution in [0.15, 0.2) is 48.7 Å². The molecule has 2 aromatic carbocycles. The molecule has 0 spiro atoms. The topological polar surface area (TPSA) is 17.0 Å². The van der Waals surface area contributed by atoms with E-state index in [0.29, 0.717) is 6.04 Å². The van der Waals surface area contributed by atoms with E-state index in [1.54, 1.807) is 0 Å². The van der Waals surface area contributed by atoms with Crippen LogP contribution < -0.4 is 5.32 Å². The van der Waals surface area contributed by atoms with Gasteiger partial charge in [-0.1, -0.05) is 29.8 Å². The van der Waals surface area contributed by atoms with Crippen molar-refractivity contribution in [2.75, 3.05) is 13.1 Å². The number of halogens is 2. The van der Waals surface area contributed by atoms with Gasteiger partial charge in [-0.05, 0) is 55.8 Å². The van der Waals surface area contributed by atoms with Crippen LogP contribution in [-0.2, 0) is 0 Å². The Balaban J connectivity index is 1.89. The number of hydrogen-bond acceptors (Lipinski definition) is 1. The lowest BCUT2D eigenvalue weighted by Gasteiger charge is -2.25. The summed E-state index contributed by atoms with van der Waals surface area (Å²) in [6, 6.07) is 13.2. The maximum absolute atomic E-state index is 13.2. The number of nitrogens with one attached hydrogen (secondary N) is 1. The van der Waals surface area contributed by atoms with Crippen molar-refractivity contribution < 1.29 is 4.39 Å². The van der Waals surface area contributed by atoms with Crippen LogP contribution in [0.4, 0.5) is 4.39 Å². The van der Waals surface area contributed by atoms with E-state index in [1.807, 2.05) is 24.3 Å². The molecule has 118 valence electrons. The van der Waals surface area contributed by atoms with Gasteiger partial charge in [0.15, 0.2) is 0 Å². The summed E-state index contributed by atoms with van der Waals surface area (Å²) in [5.41, 5.74) is 3.32. The number of fused-ring (bicyclic) bond motifs is 1. The molecule has 0 unspecified atom stereocenters. The molecule has 0 radical (unpaired) electrons. The largest absolute Gasteiger partial charge is 0.344 e. The summed E-state index contributed by atoms with van der Waals surface area (Å²) in [6.07, 6.45) is 4.42. The lowest BCUT2D eigenvalue weighted by Crippen LogP contribution is -2.29. The lowest BCUT2D eigenvalue weighted by molar-refractivity contribution is 0.376. The second-order valence-electron chi connectivity index (χ2n) is 6.10. The highest BCUT2D eigenvalue weighted by atomic mass is 35.5. The van der Waals surface area contributed by atoms with Gasteiger partial charge in [0.2, 0.25) is 0 Å². The average Bonchev–Trinajstić information content (AvgIpc) is 2.95. The third-order valence-corrected chi connectivity index (χ3v) is 4.89. The summed E-state index contributed by atoms with van der Waals surface area (Å²) in [5, 5.41) is 5.32. The minimum absolute atomic E-state index is 0.209.